The van der Waals surface area contributed by atoms with E-state index in [0.29, 0.717) is 5.56 Å². The molecule has 0 saturated carbocycles. The molecule has 1 N–H and O–H groups in total. The summed E-state index contributed by atoms with van der Waals surface area (Å²) >= 11 is 6.31. The summed E-state index contributed by atoms with van der Waals surface area (Å²) in [5.41, 5.74) is 0.368. The van der Waals surface area contributed by atoms with Gasteiger partial charge in [-0.1, -0.05) is 0 Å². The van der Waals surface area contributed by atoms with Crippen molar-refractivity contribution in [2.45, 2.75) is 0 Å². The predicted molar refractivity (Wildman–Crippen MR) is 46.3 cm³/mol. The molecule has 0 radical (unpaired) electrons. The molecule has 0 aromatic carbocycles. The fraction of sp³-hybridized carbons (Fsp3) is 0.143. The molecular weight excluding hydrogens is 200 g/mol. The average molecular weight is 205 g/mol. The third-order valence-electron chi connectivity index (χ3n) is 1.25. The molecule has 0 fully saturated rings. The van der Waals surface area contributed by atoms with Crippen LogP contribution in [0.1, 0.15) is 20.0 Å². The number of carboxylic acid groups (broad SMARTS) is 1. The highest BCUT2D eigenvalue weighted by molar-refractivity contribution is 7.12. The van der Waals surface area contributed by atoms with Crippen LogP contribution in [0.25, 0.3) is 0 Å². The van der Waals surface area contributed by atoms with Gasteiger partial charge in [0, 0.05) is 10.9 Å². The van der Waals surface area contributed by atoms with E-state index in [1.807, 2.05) is 0 Å². The number of rotatable bonds is 3. The number of thiophene rings is 1. The van der Waals surface area contributed by atoms with Crippen molar-refractivity contribution in [3.63, 3.8) is 0 Å². The van der Waals surface area contributed by atoms with Crippen LogP contribution in [0.15, 0.2) is 11.4 Å². The van der Waals surface area contributed by atoms with E-state index in [-0.39, 0.29) is 16.5 Å². The van der Waals surface area contributed by atoms with E-state index in [4.69, 9.17) is 16.7 Å². The third kappa shape index (κ3) is 1.84. The fourth-order valence-corrected chi connectivity index (χ4v) is 1.58. The molecule has 64 valence electrons. The number of halogens is 1. The van der Waals surface area contributed by atoms with Gasteiger partial charge in [-0.3, -0.25) is 4.79 Å². The summed E-state index contributed by atoms with van der Waals surface area (Å²) in [5.74, 6) is -1.38. The van der Waals surface area contributed by atoms with Gasteiger partial charge in [0.1, 0.15) is 4.88 Å². The van der Waals surface area contributed by atoms with Gasteiger partial charge in [-0.2, -0.15) is 0 Å². The summed E-state index contributed by atoms with van der Waals surface area (Å²) in [6.45, 7) is 0. The minimum atomic E-state index is -1.02. The molecule has 0 amide bonds. The number of Topliss-reactive ketones (excluding diaryl/α,β-unsaturated/α-hetero) is 1. The molecule has 1 aromatic rings. The van der Waals surface area contributed by atoms with Gasteiger partial charge in [-0.15, -0.1) is 22.9 Å². The van der Waals surface area contributed by atoms with E-state index in [2.05, 4.69) is 0 Å². The van der Waals surface area contributed by atoms with Crippen LogP contribution in [0.5, 0.6) is 0 Å². The Labute approximate surface area is 77.6 Å². The number of hydrogen-bond donors (Lipinski definition) is 1. The topological polar surface area (TPSA) is 54.4 Å². The standard InChI is InChI=1S/C7H5ClO3S/c8-2-5(9)4-1-6(7(10)11)12-3-4/h1,3H,2H2,(H,10,11). The first kappa shape index (κ1) is 9.22. The Morgan fingerprint density at radius 3 is 2.67 bits per heavy atom. The van der Waals surface area contributed by atoms with Gasteiger partial charge < -0.3 is 5.11 Å². The Morgan fingerprint density at radius 1 is 1.58 bits per heavy atom. The van der Waals surface area contributed by atoms with Gasteiger partial charge in [-0.05, 0) is 6.07 Å². The number of alkyl halides is 1. The lowest BCUT2D eigenvalue weighted by Crippen LogP contribution is -1.98. The zero-order valence-electron chi connectivity index (χ0n) is 5.91. The molecule has 0 spiro atoms. The molecule has 0 atom stereocenters. The first-order valence-electron chi connectivity index (χ1n) is 3.06. The second kappa shape index (κ2) is 3.69. The van der Waals surface area contributed by atoms with Crippen LogP contribution in [0.4, 0.5) is 0 Å². The summed E-state index contributed by atoms with van der Waals surface area (Å²) in [6.07, 6.45) is 0. The number of carboxylic acids is 1. The van der Waals surface area contributed by atoms with E-state index in [9.17, 15) is 9.59 Å². The van der Waals surface area contributed by atoms with Crippen LogP contribution in [-0.4, -0.2) is 22.7 Å². The molecule has 0 aliphatic carbocycles. The second-order valence-electron chi connectivity index (χ2n) is 2.06. The summed E-state index contributed by atoms with van der Waals surface area (Å²) < 4.78 is 0. The molecule has 0 unspecified atom stereocenters. The SMILES string of the molecule is O=C(CCl)c1csc(C(=O)O)c1. The van der Waals surface area contributed by atoms with E-state index >= 15 is 0 Å². The molecule has 1 heterocycles. The van der Waals surface area contributed by atoms with E-state index in [1.165, 1.54) is 11.4 Å². The molecule has 0 aliphatic rings. The van der Waals surface area contributed by atoms with Crippen LogP contribution in [-0.2, 0) is 0 Å². The fourth-order valence-electron chi connectivity index (χ4n) is 0.672. The number of aromatic carboxylic acids is 1. The maximum Gasteiger partial charge on any atom is 0.345 e. The highest BCUT2D eigenvalue weighted by Crippen LogP contribution is 2.15. The predicted octanol–water partition coefficient (Wildman–Crippen LogP) is 1.87. The quantitative estimate of drug-likeness (QED) is 0.604. The lowest BCUT2D eigenvalue weighted by molar-refractivity contribution is 0.0702. The Kier molecular flexibility index (Phi) is 2.83. The summed E-state index contributed by atoms with van der Waals surface area (Å²) in [4.78, 5) is 21.5. The Morgan fingerprint density at radius 2 is 2.25 bits per heavy atom. The third-order valence-corrected chi connectivity index (χ3v) is 2.41. The highest BCUT2D eigenvalue weighted by atomic mass is 35.5. The molecule has 1 aromatic heterocycles. The van der Waals surface area contributed by atoms with Gasteiger partial charge in [0.15, 0.2) is 5.78 Å². The van der Waals surface area contributed by atoms with Crippen LogP contribution in [0.3, 0.4) is 0 Å². The average Bonchev–Trinajstić information content (AvgIpc) is 2.51. The normalized spacial score (nSPS) is 9.75. The van der Waals surface area contributed by atoms with Crippen molar-refractivity contribution >= 4 is 34.7 Å². The monoisotopic (exact) mass is 204 g/mol. The maximum absolute atomic E-state index is 10.9. The van der Waals surface area contributed by atoms with Gasteiger partial charge in [-0.25, -0.2) is 4.79 Å². The van der Waals surface area contributed by atoms with Crippen LogP contribution >= 0.6 is 22.9 Å². The first-order chi connectivity index (χ1) is 5.65. The Balaban J connectivity index is 2.91. The minimum absolute atomic E-state index is 0.115. The van der Waals surface area contributed by atoms with Crippen LogP contribution in [0.2, 0.25) is 0 Å². The molecule has 12 heavy (non-hydrogen) atoms. The maximum atomic E-state index is 10.9. The van der Waals surface area contributed by atoms with Crippen molar-refractivity contribution in [1.29, 1.82) is 0 Å². The molecule has 5 heteroatoms. The number of hydrogen-bond acceptors (Lipinski definition) is 3. The number of ketones is 1. The largest absolute Gasteiger partial charge is 0.477 e. The number of carbonyl (C=O) groups is 2. The van der Waals surface area contributed by atoms with Crippen molar-refractivity contribution in [3.8, 4) is 0 Å². The van der Waals surface area contributed by atoms with Gasteiger partial charge in [0.05, 0.1) is 5.88 Å². The molecule has 3 nitrogen and oxygen atoms in total. The van der Waals surface area contributed by atoms with E-state index in [1.54, 1.807) is 0 Å². The lowest BCUT2D eigenvalue weighted by Gasteiger charge is -1.86. The van der Waals surface area contributed by atoms with Gasteiger partial charge in [0.2, 0.25) is 0 Å². The van der Waals surface area contributed by atoms with Crippen molar-refractivity contribution in [3.05, 3.63) is 21.9 Å². The van der Waals surface area contributed by atoms with Crippen LogP contribution < -0.4 is 0 Å². The van der Waals surface area contributed by atoms with Crippen molar-refractivity contribution in [1.82, 2.24) is 0 Å². The Bertz CT molecular complexity index is 318. The van der Waals surface area contributed by atoms with E-state index < -0.39 is 5.97 Å². The number of carbonyl (C=O) groups excluding carboxylic acids is 1. The lowest BCUT2D eigenvalue weighted by atomic mass is 10.2. The van der Waals surface area contributed by atoms with Crippen molar-refractivity contribution in [2.24, 2.45) is 0 Å². The zero-order valence-corrected chi connectivity index (χ0v) is 7.48. The summed E-state index contributed by atoms with van der Waals surface area (Å²) in [5, 5.41) is 10.0. The first-order valence-corrected chi connectivity index (χ1v) is 4.47. The smallest absolute Gasteiger partial charge is 0.345 e. The summed E-state index contributed by atoms with van der Waals surface area (Å²) in [7, 11) is 0. The minimum Gasteiger partial charge on any atom is -0.477 e. The molecule has 0 aliphatic heterocycles. The van der Waals surface area contributed by atoms with Crippen molar-refractivity contribution < 1.29 is 14.7 Å². The van der Waals surface area contributed by atoms with Gasteiger partial charge >= 0.3 is 5.97 Å². The summed E-state index contributed by atoms with van der Waals surface area (Å²) in [6, 6.07) is 1.33. The van der Waals surface area contributed by atoms with E-state index in [0.717, 1.165) is 11.3 Å². The molecule has 1 rings (SSSR count). The molecular formula is C7H5ClO3S. The van der Waals surface area contributed by atoms with Crippen molar-refractivity contribution in [2.75, 3.05) is 5.88 Å². The zero-order chi connectivity index (χ0) is 9.14. The Hall–Kier alpha value is -0.870. The molecule has 0 bridgehead atoms. The van der Waals surface area contributed by atoms with Gasteiger partial charge in [0.25, 0.3) is 0 Å². The molecule has 0 saturated heterocycles. The second-order valence-corrected chi connectivity index (χ2v) is 3.24. The van der Waals surface area contributed by atoms with Crippen LogP contribution in [0, 0.1) is 0 Å². The highest BCUT2D eigenvalue weighted by Gasteiger charge is 2.10.